The first kappa shape index (κ1) is 29.8. The van der Waals surface area contributed by atoms with Crippen molar-refractivity contribution in [3.63, 3.8) is 0 Å². The Balaban J connectivity index is 1.18. The van der Waals surface area contributed by atoms with Gasteiger partial charge in [-0.3, -0.25) is 4.98 Å². The molecule has 0 fully saturated rings. The molecular weight excluding hydrogens is 653 g/mol. The largest absolute Gasteiger partial charge is 0.309 e. The number of hydrogen-bond acceptors (Lipinski definition) is 2. The molecule has 2 nitrogen and oxygen atoms in total. The van der Waals surface area contributed by atoms with Gasteiger partial charge >= 0.3 is 0 Å². The van der Waals surface area contributed by atoms with Crippen molar-refractivity contribution in [2.24, 2.45) is 0 Å². The molecule has 0 amide bonds. The number of rotatable bonds is 6. The van der Waals surface area contributed by atoms with Crippen LogP contribution in [0.15, 0.2) is 194 Å². The van der Waals surface area contributed by atoms with Crippen LogP contribution in [0.1, 0.15) is 0 Å². The Labute approximate surface area is 301 Å². The van der Waals surface area contributed by atoms with E-state index in [1.165, 1.54) is 68.4 Å². The van der Waals surface area contributed by atoms with E-state index in [0.29, 0.717) is 0 Å². The molecule has 0 saturated heterocycles. The molecule has 0 unspecified atom stereocenters. The summed E-state index contributed by atoms with van der Waals surface area (Å²) in [4.78, 5) is 5.09. The lowest BCUT2D eigenvalue weighted by Gasteiger charge is -2.34. The zero-order chi connectivity index (χ0) is 33.8. The van der Waals surface area contributed by atoms with Crippen molar-refractivity contribution in [1.29, 1.82) is 0 Å². The number of nitrogens with zero attached hydrogens (tertiary/aromatic N) is 2. The maximum Gasteiger partial charge on any atom is 0.179 e. The Hall–Kier alpha value is -6.07. The molecule has 3 aromatic heterocycles. The smallest absolute Gasteiger partial charge is 0.179 e. The molecule has 0 bridgehead atoms. The third kappa shape index (κ3) is 4.65. The summed E-state index contributed by atoms with van der Waals surface area (Å²) in [5.74, 6) is 0. The lowest BCUT2D eigenvalue weighted by atomic mass is 10.1. The zero-order valence-electron chi connectivity index (χ0n) is 27.8. The van der Waals surface area contributed by atoms with Gasteiger partial charge in [0.2, 0.25) is 0 Å². The number of thiophene rings is 1. The molecule has 0 saturated carbocycles. The molecule has 0 N–H and O–H groups in total. The van der Waals surface area contributed by atoms with E-state index in [-0.39, 0.29) is 0 Å². The molecule has 4 heteroatoms. The van der Waals surface area contributed by atoms with Crippen LogP contribution in [0.25, 0.3) is 58.9 Å². The summed E-state index contributed by atoms with van der Waals surface area (Å²) in [6, 6.07) is 69.1. The number of para-hydroxylation sites is 2. The molecule has 0 aliphatic rings. The van der Waals surface area contributed by atoms with Gasteiger partial charge < -0.3 is 4.57 Å². The van der Waals surface area contributed by atoms with Crippen molar-refractivity contribution >= 4 is 82.1 Å². The van der Waals surface area contributed by atoms with Gasteiger partial charge in [0, 0.05) is 43.7 Å². The Kier molecular flexibility index (Phi) is 7.05. The van der Waals surface area contributed by atoms with E-state index >= 15 is 0 Å². The predicted octanol–water partition coefficient (Wildman–Crippen LogP) is 9.59. The lowest BCUT2D eigenvalue weighted by molar-refractivity contribution is 1.19. The Morgan fingerprint density at radius 2 is 0.980 bits per heavy atom. The van der Waals surface area contributed by atoms with Gasteiger partial charge in [-0.25, -0.2) is 0 Å². The van der Waals surface area contributed by atoms with E-state index in [1.807, 2.05) is 17.5 Å². The number of hydrogen-bond donors (Lipinski definition) is 0. The van der Waals surface area contributed by atoms with E-state index in [0.717, 1.165) is 11.3 Å². The van der Waals surface area contributed by atoms with Crippen LogP contribution in [0.5, 0.6) is 0 Å². The average molecular weight is 685 g/mol. The first-order chi connectivity index (χ1) is 25.3. The summed E-state index contributed by atoms with van der Waals surface area (Å²) >= 11 is 1.84. The minimum atomic E-state index is -2.67. The fourth-order valence-corrected chi connectivity index (χ4v) is 14.2. The summed E-state index contributed by atoms with van der Waals surface area (Å²) in [7, 11) is -2.67. The van der Waals surface area contributed by atoms with E-state index in [1.54, 1.807) is 0 Å². The van der Waals surface area contributed by atoms with Crippen LogP contribution in [0.4, 0.5) is 0 Å². The van der Waals surface area contributed by atoms with Gasteiger partial charge in [0.05, 0.1) is 21.4 Å². The van der Waals surface area contributed by atoms with Gasteiger partial charge in [0.15, 0.2) is 8.07 Å². The van der Waals surface area contributed by atoms with Crippen molar-refractivity contribution in [2.75, 3.05) is 0 Å². The van der Waals surface area contributed by atoms with Gasteiger partial charge in [-0.1, -0.05) is 152 Å². The zero-order valence-corrected chi connectivity index (χ0v) is 29.6. The topological polar surface area (TPSA) is 17.8 Å². The fourth-order valence-electron chi connectivity index (χ4n) is 8.20. The summed E-state index contributed by atoms with van der Waals surface area (Å²) in [6.45, 7) is 0. The lowest BCUT2D eigenvalue weighted by Crippen LogP contribution is -2.74. The molecule has 0 atom stereocenters. The second-order valence-corrected chi connectivity index (χ2v) is 18.0. The van der Waals surface area contributed by atoms with Crippen LogP contribution in [-0.2, 0) is 0 Å². The monoisotopic (exact) mass is 684 g/mol. The second-order valence-electron chi connectivity index (χ2n) is 13.1. The standard InChI is InChI=1S/C47H32N2SSi/c1-4-16-35(17-5-1)51(36-18-6-2-7-19-36,37-20-8-3-9-21-37)38-22-14-15-33(31-38)46-47-41(29-30-48-46)42-32-34(27-28-45(42)50-47)49-43-25-12-10-23-39(43)40-24-11-13-26-44(40)49/h1-32H. The van der Waals surface area contributed by atoms with Crippen molar-refractivity contribution in [1.82, 2.24) is 9.55 Å². The summed E-state index contributed by atoms with van der Waals surface area (Å²) in [5.41, 5.74) is 5.79. The summed E-state index contributed by atoms with van der Waals surface area (Å²) < 4.78 is 4.89. The van der Waals surface area contributed by atoms with Crippen molar-refractivity contribution < 1.29 is 0 Å². The van der Waals surface area contributed by atoms with Crippen LogP contribution in [0.3, 0.4) is 0 Å². The van der Waals surface area contributed by atoms with E-state index in [2.05, 4.69) is 193 Å². The molecule has 0 aliphatic heterocycles. The molecule has 10 rings (SSSR count). The first-order valence-corrected chi connectivity index (χ1v) is 20.2. The predicted molar refractivity (Wildman–Crippen MR) is 221 cm³/mol. The van der Waals surface area contributed by atoms with Gasteiger partial charge in [-0.05, 0) is 57.1 Å². The number of pyridine rings is 1. The summed E-state index contributed by atoms with van der Waals surface area (Å²) in [5, 5.41) is 10.5. The number of fused-ring (bicyclic) bond motifs is 6. The molecule has 0 radical (unpaired) electrons. The quantitative estimate of drug-likeness (QED) is 0.126. The maximum absolute atomic E-state index is 5.09. The third-order valence-electron chi connectivity index (χ3n) is 10.4. The highest BCUT2D eigenvalue weighted by molar-refractivity contribution is 7.26. The number of aromatic nitrogens is 2. The van der Waals surface area contributed by atoms with Gasteiger partial charge in [-0.2, -0.15) is 0 Å². The molecule has 0 spiro atoms. The average Bonchev–Trinajstić information content (AvgIpc) is 3.75. The molecule has 240 valence electrons. The van der Waals surface area contributed by atoms with Crippen LogP contribution >= 0.6 is 11.3 Å². The Bertz CT molecular complexity index is 2710. The summed E-state index contributed by atoms with van der Waals surface area (Å²) in [6.07, 6.45) is 1.99. The van der Waals surface area contributed by atoms with Gasteiger partial charge in [0.25, 0.3) is 0 Å². The Morgan fingerprint density at radius 1 is 0.431 bits per heavy atom. The minimum Gasteiger partial charge on any atom is -0.309 e. The molecule has 3 heterocycles. The van der Waals surface area contributed by atoms with Crippen LogP contribution in [0.2, 0.25) is 0 Å². The molecule has 0 aliphatic carbocycles. The minimum absolute atomic E-state index is 1.03. The highest BCUT2D eigenvalue weighted by Crippen LogP contribution is 2.40. The molecular formula is C47H32N2SSi. The van der Waals surface area contributed by atoms with E-state index in [9.17, 15) is 0 Å². The first-order valence-electron chi connectivity index (χ1n) is 17.4. The van der Waals surface area contributed by atoms with Crippen LogP contribution in [0, 0.1) is 0 Å². The van der Waals surface area contributed by atoms with Gasteiger partial charge in [-0.15, -0.1) is 11.3 Å². The van der Waals surface area contributed by atoms with Crippen molar-refractivity contribution in [3.8, 4) is 16.9 Å². The molecule has 7 aromatic carbocycles. The van der Waals surface area contributed by atoms with Crippen LogP contribution < -0.4 is 20.7 Å². The highest BCUT2D eigenvalue weighted by atomic mass is 32.1. The van der Waals surface area contributed by atoms with Crippen molar-refractivity contribution in [2.45, 2.75) is 0 Å². The maximum atomic E-state index is 5.09. The van der Waals surface area contributed by atoms with E-state index < -0.39 is 8.07 Å². The fraction of sp³-hybridized carbons (Fsp3) is 0. The van der Waals surface area contributed by atoms with E-state index in [4.69, 9.17) is 4.98 Å². The highest BCUT2D eigenvalue weighted by Gasteiger charge is 2.41. The third-order valence-corrected chi connectivity index (χ3v) is 16.4. The number of benzene rings is 7. The molecule has 51 heavy (non-hydrogen) atoms. The molecule has 10 aromatic rings. The van der Waals surface area contributed by atoms with Gasteiger partial charge in [0.1, 0.15) is 0 Å². The second kappa shape index (κ2) is 12.1. The Morgan fingerprint density at radius 3 is 1.59 bits per heavy atom. The van der Waals surface area contributed by atoms with Crippen molar-refractivity contribution in [3.05, 3.63) is 194 Å². The van der Waals surface area contributed by atoms with Crippen LogP contribution in [-0.4, -0.2) is 17.6 Å². The normalized spacial score (nSPS) is 11.9. The SMILES string of the molecule is c1ccc([Si](c2ccccc2)(c2ccccc2)c2cccc(-c3nccc4c3sc3ccc(-n5c6ccccc6c6ccccc65)cc34)c2)cc1.